The molecule has 0 unspecified atom stereocenters. The Balaban J connectivity index is 1.76. The van der Waals surface area contributed by atoms with Crippen LogP contribution in [-0.2, 0) is 4.79 Å². The molecule has 4 nitrogen and oxygen atoms in total. The van der Waals surface area contributed by atoms with Gasteiger partial charge in [-0.05, 0) is 25.5 Å². The lowest BCUT2D eigenvalue weighted by atomic mass is 10.1. The van der Waals surface area contributed by atoms with E-state index in [-0.39, 0.29) is 6.10 Å². The number of rotatable bonds is 5. The number of carbonyl (C=O) groups is 1. The van der Waals surface area contributed by atoms with Gasteiger partial charge < -0.3 is 9.64 Å². The highest BCUT2D eigenvalue weighted by atomic mass is 16.5. The zero-order valence-electron chi connectivity index (χ0n) is 12.5. The molecule has 1 aliphatic rings. The second-order valence-corrected chi connectivity index (χ2v) is 5.44. The number of piperidine rings is 1. The van der Waals surface area contributed by atoms with Crippen molar-refractivity contribution in [1.82, 2.24) is 9.88 Å². The van der Waals surface area contributed by atoms with E-state index in [9.17, 15) is 4.79 Å². The molecule has 0 N–H and O–H groups in total. The van der Waals surface area contributed by atoms with Crippen molar-refractivity contribution in [2.45, 2.75) is 52.1 Å². The molecule has 2 rings (SSSR count). The second-order valence-electron chi connectivity index (χ2n) is 5.44. The van der Waals surface area contributed by atoms with Gasteiger partial charge in [-0.25, -0.2) is 0 Å². The first-order chi connectivity index (χ1) is 9.69. The number of pyridine rings is 1. The number of ether oxygens (including phenoxy) is 1. The predicted octanol–water partition coefficient (Wildman–Crippen LogP) is 2.95. The van der Waals surface area contributed by atoms with E-state index >= 15 is 0 Å². The van der Waals surface area contributed by atoms with Gasteiger partial charge in [0.05, 0.1) is 6.20 Å². The third kappa shape index (κ3) is 4.22. The predicted molar refractivity (Wildman–Crippen MR) is 78.7 cm³/mol. The molecule has 0 spiro atoms. The fourth-order valence-electron chi connectivity index (χ4n) is 2.43. The van der Waals surface area contributed by atoms with Crippen LogP contribution in [-0.4, -0.2) is 35.0 Å². The summed E-state index contributed by atoms with van der Waals surface area (Å²) in [5, 5.41) is 0. The molecule has 110 valence electrons. The highest BCUT2D eigenvalue weighted by molar-refractivity contribution is 5.76. The Hall–Kier alpha value is -1.58. The van der Waals surface area contributed by atoms with Crippen LogP contribution in [0, 0.1) is 6.92 Å². The van der Waals surface area contributed by atoms with Crippen molar-refractivity contribution in [1.29, 1.82) is 0 Å². The van der Waals surface area contributed by atoms with Crippen molar-refractivity contribution in [2.24, 2.45) is 0 Å². The summed E-state index contributed by atoms with van der Waals surface area (Å²) in [7, 11) is 0. The molecular formula is C16H24N2O2. The van der Waals surface area contributed by atoms with Crippen LogP contribution in [0.4, 0.5) is 0 Å². The van der Waals surface area contributed by atoms with Crippen molar-refractivity contribution in [3.05, 3.63) is 24.0 Å². The Morgan fingerprint density at radius 1 is 1.40 bits per heavy atom. The van der Waals surface area contributed by atoms with Crippen LogP contribution in [0.15, 0.2) is 18.3 Å². The molecule has 0 bridgehead atoms. The van der Waals surface area contributed by atoms with Crippen LogP contribution in [0.3, 0.4) is 0 Å². The number of hydrogen-bond acceptors (Lipinski definition) is 3. The van der Waals surface area contributed by atoms with Gasteiger partial charge in [0.25, 0.3) is 0 Å². The molecule has 20 heavy (non-hydrogen) atoms. The second kappa shape index (κ2) is 7.27. The van der Waals surface area contributed by atoms with Gasteiger partial charge >= 0.3 is 0 Å². The minimum absolute atomic E-state index is 0.203. The summed E-state index contributed by atoms with van der Waals surface area (Å²) >= 11 is 0. The lowest BCUT2D eigenvalue weighted by Crippen LogP contribution is -2.41. The lowest BCUT2D eigenvalue weighted by molar-refractivity contribution is -0.133. The Morgan fingerprint density at radius 2 is 2.15 bits per heavy atom. The maximum absolute atomic E-state index is 11.9. The molecule has 0 aliphatic carbocycles. The van der Waals surface area contributed by atoms with Crippen LogP contribution in [0.25, 0.3) is 0 Å². The summed E-state index contributed by atoms with van der Waals surface area (Å²) in [5.74, 6) is 1.12. The van der Waals surface area contributed by atoms with Gasteiger partial charge in [-0.2, -0.15) is 0 Å². The van der Waals surface area contributed by atoms with Crippen LogP contribution < -0.4 is 4.74 Å². The third-order valence-corrected chi connectivity index (χ3v) is 3.73. The average molecular weight is 276 g/mol. The molecule has 0 atom stereocenters. The topological polar surface area (TPSA) is 42.4 Å². The summed E-state index contributed by atoms with van der Waals surface area (Å²) in [5.41, 5.74) is 0.994. The van der Waals surface area contributed by atoms with E-state index in [1.54, 1.807) is 6.20 Å². The number of hydrogen-bond donors (Lipinski definition) is 0. The van der Waals surface area contributed by atoms with Gasteiger partial charge in [-0.3, -0.25) is 9.78 Å². The van der Waals surface area contributed by atoms with Crippen LogP contribution >= 0.6 is 0 Å². The molecule has 4 heteroatoms. The quantitative estimate of drug-likeness (QED) is 0.830. The number of likely N-dealkylation sites (tertiary alicyclic amines) is 1. The molecular weight excluding hydrogens is 252 g/mol. The van der Waals surface area contributed by atoms with Gasteiger partial charge in [0, 0.05) is 38.0 Å². The zero-order chi connectivity index (χ0) is 14.4. The van der Waals surface area contributed by atoms with Crippen molar-refractivity contribution >= 4 is 5.91 Å². The van der Waals surface area contributed by atoms with E-state index in [1.807, 2.05) is 24.0 Å². The Labute approximate surface area is 121 Å². The average Bonchev–Trinajstić information content (AvgIpc) is 2.48. The molecule has 0 radical (unpaired) electrons. The van der Waals surface area contributed by atoms with Crippen molar-refractivity contribution in [3.63, 3.8) is 0 Å². The Bertz CT molecular complexity index is 423. The number of amides is 1. The monoisotopic (exact) mass is 276 g/mol. The van der Waals surface area contributed by atoms with Crippen LogP contribution in [0.1, 0.15) is 44.7 Å². The van der Waals surface area contributed by atoms with Crippen molar-refractivity contribution in [2.75, 3.05) is 13.1 Å². The summed E-state index contributed by atoms with van der Waals surface area (Å²) in [6.45, 7) is 5.70. The normalized spacial score (nSPS) is 16.2. The molecule has 0 saturated carbocycles. The van der Waals surface area contributed by atoms with E-state index in [4.69, 9.17) is 4.74 Å². The summed E-state index contributed by atoms with van der Waals surface area (Å²) in [4.78, 5) is 18.1. The maximum atomic E-state index is 11.9. The molecule has 1 fully saturated rings. The highest BCUT2D eigenvalue weighted by Gasteiger charge is 2.23. The van der Waals surface area contributed by atoms with E-state index < -0.39 is 0 Å². The summed E-state index contributed by atoms with van der Waals surface area (Å²) in [6, 6.07) is 3.92. The van der Waals surface area contributed by atoms with E-state index in [0.29, 0.717) is 12.3 Å². The SMILES string of the molecule is CCCCC(=O)N1CCC(Oc2ccc(C)nc2)CC1. The van der Waals surface area contributed by atoms with Crippen LogP contribution in [0.2, 0.25) is 0 Å². The lowest BCUT2D eigenvalue weighted by Gasteiger charge is -2.32. The van der Waals surface area contributed by atoms with Gasteiger partial charge in [0.15, 0.2) is 0 Å². The minimum atomic E-state index is 0.203. The van der Waals surface area contributed by atoms with Gasteiger partial charge in [-0.15, -0.1) is 0 Å². The molecule has 1 aromatic heterocycles. The summed E-state index contributed by atoms with van der Waals surface area (Å²) in [6.07, 6.45) is 6.54. The van der Waals surface area contributed by atoms with Crippen molar-refractivity contribution < 1.29 is 9.53 Å². The highest BCUT2D eigenvalue weighted by Crippen LogP contribution is 2.19. The first-order valence-electron chi connectivity index (χ1n) is 7.56. The van der Waals surface area contributed by atoms with Crippen molar-refractivity contribution in [3.8, 4) is 5.75 Å². The van der Waals surface area contributed by atoms with E-state index in [2.05, 4.69) is 11.9 Å². The molecule has 1 saturated heterocycles. The third-order valence-electron chi connectivity index (χ3n) is 3.73. The summed E-state index contributed by atoms with van der Waals surface area (Å²) < 4.78 is 5.92. The zero-order valence-corrected chi connectivity index (χ0v) is 12.5. The number of aryl methyl sites for hydroxylation is 1. The van der Waals surface area contributed by atoms with E-state index in [0.717, 1.165) is 50.2 Å². The number of carbonyl (C=O) groups excluding carboxylic acids is 1. The smallest absolute Gasteiger partial charge is 0.222 e. The minimum Gasteiger partial charge on any atom is -0.489 e. The molecule has 2 heterocycles. The first kappa shape index (κ1) is 14.8. The number of unbranched alkanes of at least 4 members (excludes halogenated alkanes) is 1. The number of nitrogens with zero attached hydrogens (tertiary/aromatic N) is 2. The number of aromatic nitrogens is 1. The maximum Gasteiger partial charge on any atom is 0.222 e. The largest absolute Gasteiger partial charge is 0.489 e. The molecule has 1 amide bonds. The van der Waals surface area contributed by atoms with E-state index in [1.165, 1.54) is 0 Å². The fraction of sp³-hybridized carbons (Fsp3) is 0.625. The molecule has 1 aromatic rings. The van der Waals surface area contributed by atoms with Gasteiger partial charge in [-0.1, -0.05) is 13.3 Å². The van der Waals surface area contributed by atoms with Gasteiger partial charge in [0.1, 0.15) is 11.9 Å². The molecule has 0 aromatic carbocycles. The first-order valence-corrected chi connectivity index (χ1v) is 7.56. The van der Waals surface area contributed by atoms with Gasteiger partial charge in [0.2, 0.25) is 5.91 Å². The standard InChI is InChI=1S/C16H24N2O2/c1-3-4-5-16(19)18-10-8-14(9-11-18)20-15-7-6-13(2)17-12-15/h6-7,12,14H,3-5,8-11H2,1-2H3. The van der Waals surface area contributed by atoms with Crippen LogP contribution in [0.5, 0.6) is 5.75 Å². The fourth-order valence-corrected chi connectivity index (χ4v) is 2.43. The molecule has 1 aliphatic heterocycles. The Morgan fingerprint density at radius 3 is 2.75 bits per heavy atom. The Kier molecular flexibility index (Phi) is 5.39.